The third-order valence-electron chi connectivity index (χ3n) is 5.95. The van der Waals surface area contributed by atoms with E-state index in [4.69, 9.17) is 9.47 Å². The second-order valence-electron chi connectivity index (χ2n) is 8.28. The number of amides is 1. The molecule has 34 heavy (non-hydrogen) atoms. The van der Waals surface area contributed by atoms with E-state index < -0.39 is 6.17 Å². The molecule has 1 atom stereocenters. The number of fused-ring (bicyclic) bond motifs is 1. The maximum Gasteiger partial charge on any atom is 0.262 e. The lowest BCUT2D eigenvalue weighted by molar-refractivity contribution is 0.0974. The molecule has 0 bridgehead atoms. The molecule has 0 spiro atoms. The van der Waals surface area contributed by atoms with Gasteiger partial charge in [-0.25, -0.2) is 0 Å². The molecule has 1 heterocycles. The first-order chi connectivity index (χ1) is 16.6. The number of nitrogens with one attached hydrogen (secondary N) is 1. The molecule has 170 valence electrons. The van der Waals surface area contributed by atoms with E-state index in [9.17, 15) is 4.79 Å². The second kappa shape index (κ2) is 9.32. The van der Waals surface area contributed by atoms with Crippen LogP contribution < -0.4 is 19.7 Å². The maximum atomic E-state index is 13.7. The van der Waals surface area contributed by atoms with Crippen LogP contribution in [0, 0.1) is 6.92 Å². The zero-order valence-corrected chi connectivity index (χ0v) is 19.2. The van der Waals surface area contributed by atoms with Crippen molar-refractivity contribution in [2.45, 2.75) is 19.7 Å². The molecule has 1 aliphatic heterocycles. The van der Waals surface area contributed by atoms with Crippen LogP contribution >= 0.6 is 0 Å². The number of nitrogens with zero attached hydrogens (tertiary/aromatic N) is 1. The maximum absolute atomic E-state index is 13.7. The number of methoxy groups -OCH3 is 1. The number of carbonyl (C=O) groups excluding carboxylic acids is 1. The monoisotopic (exact) mass is 450 g/mol. The lowest BCUT2D eigenvalue weighted by Gasteiger charge is -2.38. The van der Waals surface area contributed by atoms with E-state index in [1.54, 1.807) is 7.11 Å². The van der Waals surface area contributed by atoms with Gasteiger partial charge in [-0.2, -0.15) is 0 Å². The van der Waals surface area contributed by atoms with Crippen molar-refractivity contribution < 1.29 is 14.3 Å². The molecule has 4 aromatic rings. The van der Waals surface area contributed by atoms with Gasteiger partial charge >= 0.3 is 0 Å². The number of carbonyl (C=O) groups is 1. The number of para-hydroxylation sites is 2. The van der Waals surface area contributed by atoms with Crippen molar-refractivity contribution in [1.29, 1.82) is 0 Å². The number of hydrogen-bond donors (Lipinski definition) is 1. The number of rotatable bonds is 6. The Balaban J connectivity index is 1.54. The highest BCUT2D eigenvalue weighted by Crippen LogP contribution is 2.39. The van der Waals surface area contributed by atoms with E-state index in [0.717, 1.165) is 33.8 Å². The minimum absolute atomic E-state index is 0.0486. The first kappa shape index (κ1) is 21.6. The Morgan fingerprint density at radius 2 is 1.68 bits per heavy atom. The zero-order valence-electron chi connectivity index (χ0n) is 19.2. The molecule has 0 radical (unpaired) electrons. The van der Waals surface area contributed by atoms with E-state index in [0.29, 0.717) is 17.9 Å². The molecule has 0 saturated heterocycles. The smallest absolute Gasteiger partial charge is 0.262 e. The van der Waals surface area contributed by atoms with Gasteiger partial charge in [0.05, 0.1) is 12.7 Å². The van der Waals surface area contributed by atoms with Gasteiger partial charge in [-0.05, 0) is 60.5 Å². The second-order valence-corrected chi connectivity index (χ2v) is 8.28. The third kappa shape index (κ3) is 4.20. The Bertz CT molecular complexity index is 1330. The summed E-state index contributed by atoms with van der Waals surface area (Å²) >= 11 is 0. The molecule has 5 rings (SSSR count). The Hall–Kier alpha value is -4.25. The van der Waals surface area contributed by atoms with Crippen LogP contribution in [0.2, 0.25) is 0 Å². The number of aryl methyl sites for hydroxylation is 1. The van der Waals surface area contributed by atoms with Gasteiger partial charge in [0.1, 0.15) is 24.3 Å². The molecule has 1 aliphatic rings. The van der Waals surface area contributed by atoms with Crippen LogP contribution in [0.5, 0.6) is 11.5 Å². The van der Waals surface area contributed by atoms with E-state index in [2.05, 4.69) is 5.32 Å². The van der Waals surface area contributed by atoms with Gasteiger partial charge in [-0.15, -0.1) is 0 Å². The number of anilines is 2. The first-order valence-electron chi connectivity index (χ1n) is 11.2. The lowest BCUT2D eigenvalue weighted by Crippen LogP contribution is -2.43. The van der Waals surface area contributed by atoms with Gasteiger partial charge in [0.15, 0.2) is 0 Å². The summed E-state index contributed by atoms with van der Waals surface area (Å²) < 4.78 is 11.6. The summed E-state index contributed by atoms with van der Waals surface area (Å²) in [5.74, 6) is 1.45. The van der Waals surface area contributed by atoms with E-state index in [1.807, 2.05) is 109 Å². The highest BCUT2D eigenvalue weighted by Gasteiger charge is 2.35. The predicted octanol–water partition coefficient (Wildman–Crippen LogP) is 6.35. The summed E-state index contributed by atoms with van der Waals surface area (Å²) in [6.45, 7) is 2.41. The fourth-order valence-corrected chi connectivity index (χ4v) is 4.28. The summed E-state index contributed by atoms with van der Waals surface area (Å²) in [5.41, 5.74) is 5.27. The molecule has 5 heteroatoms. The Morgan fingerprint density at radius 3 is 2.53 bits per heavy atom. The number of hydrogen-bond acceptors (Lipinski definition) is 4. The van der Waals surface area contributed by atoms with E-state index in [1.165, 1.54) is 0 Å². The van der Waals surface area contributed by atoms with Gasteiger partial charge in [0, 0.05) is 16.9 Å². The van der Waals surface area contributed by atoms with Crippen LogP contribution in [0.3, 0.4) is 0 Å². The van der Waals surface area contributed by atoms with Gasteiger partial charge < -0.3 is 14.8 Å². The minimum Gasteiger partial charge on any atom is -0.497 e. The van der Waals surface area contributed by atoms with Crippen molar-refractivity contribution >= 4 is 17.3 Å². The Kier molecular flexibility index (Phi) is 5.91. The summed E-state index contributed by atoms with van der Waals surface area (Å²) in [5, 5.41) is 3.57. The molecule has 4 aromatic carbocycles. The quantitative estimate of drug-likeness (QED) is 0.372. The van der Waals surface area contributed by atoms with Crippen LogP contribution in [-0.2, 0) is 6.61 Å². The Morgan fingerprint density at radius 1 is 0.882 bits per heavy atom. The van der Waals surface area contributed by atoms with Crippen molar-refractivity contribution in [2.75, 3.05) is 17.3 Å². The topological polar surface area (TPSA) is 50.8 Å². The Labute approximate surface area is 199 Å². The van der Waals surface area contributed by atoms with Crippen LogP contribution in [0.15, 0.2) is 97.1 Å². The van der Waals surface area contributed by atoms with Crippen LogP contribution in [0.1, 0.15) is 33.2 Å². The molecule has 1 N–H and O–H groups in total. The fraction of sp³-hybridized carbons (Fsp3) is 0.138. The molecule has 5 nitrogen and oxygen atoms in total. The number of benzene rings is 4. The lowest BCUT2D eigenvalue weighted by atomic mass is 10.0. The fourth-order valence-electron chi connectivity index (χ4n) is 4.28. The van der Waals surface area contributed by atoms with Crippen molar-refractivity contribution in [2.24, 2.45) is 0 Å². The molecule has 0 aromatic heterocycles. The molecule has 1 amide bonds. The van der Waals surface area contributed by atoms with Crippen molar-refractivity contribution in [3.63, 3.8) is 0 Å². The van der Waals surface area contributed by atoms with Crippen molar-refractivity contribution in [3.05, 3.63) is 119 Å². The van der Waals surface area contributed by atoms with E-state index >= 15 is 0 Å². The van der Waals surface area contributed by atoms with E-state index in [-0.39, 0.29) is 5.91 Å². The number of ether oxygens (including phenoxy) is 2. The average molecular weight is 451 g/mol. The van der Waals surface area contributed by atoms with Crippen molar-refractivity contribution in [1.82, 2.24) is 0 Å². The van der Waals surface area contributed by atoms with Gasteiger partial charge in [-0.1, -0.05) is 54.6 Å². The SMILES string of the molecule is COc1cccc(COc2ccccc2C2Nc3ccccc3C(=O)N2c2cccc(C)c2)c1. The standard InChI is InChI=1S/C29H26N2O3/c1-20-9-7-11-22(17-20)31-28(30-26-15-5-3-13-24(26)29(31)32)25-14-4-6-16-27(25)34-19-21-10-8-12-23(18-21)33-2/h3-18,28,30H,19H2,1-2H3. The molecular weight excluding hydrogens is 424 g/mol. The molecule has 1 unspecified atom stereocenters. The highest BCUT2D eigenvalue weighted by molar-refractivity contribution is 6.12. The normalized spacial score (nSPS) is 14.8. The predicted molar refractivity (Wildman–Crippen MR) is 135 cm³/mol. The van der Waals surface area contributed by atoms with Gasteiger partial charge in [-0.3, -0.25) is 9.69 Å². The summed E-state index contributed by atoms with van der Waals surface area (Å²) in [7, 11) is 1.65. The molecule has 0 fully saturated rings. The largest absolute Gasteiger partial charge is 0.497 e. The zero-order chi connectivity index (χ0) is 23.5. The van der Waals surface area contributed by atoms with Gasteiger partial charge in [0.25, 0.3) is 5.91 Å². The van der Waals surface area contributed by atoms with Crippen LogP contribution in [0.25, 0.3) is 0 Å². The average Bonchev–Trinajstić information content (AvgIpc) is 2.87. The third-order valence-corrected chi connectivity index (χ3v) is 5.95. The van der Waals surface area contributed by atoms with Crippen molar-refractivity contribution in [3.8, 4) is 11.5 Å². The van der Waals surface area contributed by atoms with Crippen LogP contribution in [-0.4, -0.2) is 13.0 Å². The highest BCUT2D eigenvalue weighted by atomic mass is 16.5. The summed E-state index contributed by atoms with van der Waals surface area (Å²) in [4.78, 5) is 15.5. The minimum atomic E-state index is -0.425. The summed E-state index contributed by atoms with van der Waals surface area (Å²) in [6.07, 6.45) is -0.425. The molecule has 0 aliphatic carbocycles. The summed E-state index contributed by atoms with van der Waals surface area (Å²) in [6, 6.07) is 31.3. The molecular formula is C29H26N2O3. The van der Waals surface area contributed by atoms with Gasteiger partial charge in [0.2, 0.25) is 0 Å². The molecule has 0 saturated carbocycles. The van der Waals surface area contributed by atoms with Crippen LogP contribution in [0.4, 0.5) is 11.4 Å². The first-order valence-corrected chi connectivity index (χ1v) is 11.2.